The molecule has 0 spiro atoms. The standard InChI is InChI=1S/C29H31BN3/c1-20(2)24-13-9-14-25(21(3)4)28(24)30-32-17-16-31-19-23-12-8-15-26(27(23)29(31)32)33(30)18-22-10-6-5-7-11-22/h5-17,20-21H,18-19H2,1-4H3/q+1. The molecule has 0 saturated carbocycles. The number of imidazole rings is 1. The summed E-state index contributed by atoms with van der Waals surface area (Å²) in [6.07, 6.45) is 4.57. The predicted octanol–water partition coefficient (Wildman–Crippen LogP) is 5.31. The molecule has 0 amide bonds. The van der Waals surface area contributed by atoms with Crippen LogP contribution in [0.2, 0.25) is 0 Å². The van der Waals surface area contributed by atoms with Crippen LogP contribution < -0.4 is 14.8 Å². The average molecular weight is 432 g/mol. The van der Waals surface area contributed by atoms with Crippen LogP contribution in [0.4, 0.5) is 5.69 Å². The van der Waals surface area contributed by atoms with Crippen LogP contribution in [0.25, 0.3) is 11.4 Å². The number of rotatable bonds is 5. The van der Waals surface area contributed by atoms with Gasteiger partial charge in [0.1, 0.15) is 18.9 Å². The predicted molar refractivity (Wildman–Crippen MR) is 137 cm³/mol. The molecule has 3 nitrogen and oxygen atoms in total. The summed E-state index contributed by atoms with van der Waals surface area (Å²) in [5.74, 6) is 2.27. The number of hydrogen-bond acceptors (Lipinski definition) is 1. The highest BCUT2D eigenvalue weighted by atomic mass is 15.3. The van der Waals surface area contributed by atoms with Gasteiger partial charge in [-0.15, -0.1) is 0 Å². The molecular formula is C29H31BN3+. The van der Waals surface area contributed by atoms with Crippen molar-refractivity contribution in [3.63, 3.8) is 0 Å². The molecule has 2 aliphatic rings. The SMILES string of the molecule is CC(C)c1cccc(C(C)C)c1B1N(Cc2ccccc2)c2cccc3c2-c2n(cc[n+]21)C3. The number of nitrogens with zero attached hydrogens (tertiary/aromatic N) is 3. The Morgan fingerprint density at radius 2 is 1.55 bits per heavy atom. The van der Waals surface area contributed by atoms with Gasteiger partial charge in [0.05, 0.1) is 5.56 Å². The van der Waals surface area contributed by atoms with Gasteiger partial charge in [-0.1, -0.05) is 88.4 Å². The van der Waals surface area contributed by atoms with Gasteiger partial charge in [0.2, 0.25) is 0 Å². The second-order valence-corrected chi connectivity index (χ2v) is 10.1. The van der Waals surface area contributed by atoms with E-state index < -0.39 is 0 Å². The van der Waals surface area contributed by atoms with Gasteiger partial charge in [-0.2, -0.15) is 0 Å². The van der Waals surface area contributed by atoms with Crippen molar-refractivity contribution >= 4 is 18.1 Å². The van der Waals surface area contributed by atoms with E-state index in [4.69, 9.17) is 0 Å². The highest BCUT2D eigenvalue weighted by Crippen LogP contribution is 2.41. The Balaban J connectivity index is 1.65. The monoisotopic (exact) mass is 432 g/mol. The first-order chi connectivity index (χ1) is 16.0. The van der Waals surface area contributed by atoms with Gasteiger partial charge in [0, 0.05) is 23.3 Å². The number of aromatic nitrogens is 2. The molecule has 164 valence electrons. The fourth-order valence-corrected chi connectivity index (χ4v) is 5.87. The van der Waals surface area contributed by atoms with E-state index in [1.807, 2.05) is 0 Å². The second-order valence-electron chi connectivity index (χ2n) is 10.1. The van der Waals surface area contributed by atoms with Crippen molar-refractivity contribution in [2.75, 3.05) is 4.81 Å². The zero-order valence-electron chi connectivity index (χ0n) is 20.0. The maximum absolute atomic E-state index is 2.64. The minimum Gasteiger partial charge on any atom is -0.365 e. The van der Waals surface area contributed by atoms with E-state index in [-0.39, 0.29) is 6.98 Å². The highest BCUT2D eigenvalue weighted by Gasteiger charge is 2.49. The summed E-state index contributed by atoms with van der Waals surface area (Å²) >= 11 is 0. The Morgan fingerprint density at radius 3 is 2.24 bits per heavy atom. The van der Waals surface area contributed by atoms with Crippen LogP contribution in [0, 0.1) is 0 Å². The first-order valence-electron chi connectivity index (χ1n) is 12.2. The molecule has 33 heavy (non-hydrogen) atoms. The van der Waals surface area contributed by atoms with E-state index in [0.717, 1.165) is 13.1 Å². The largest absolute Gasteiger partial charge is 0.538 e. The molecular weight excluding hydrogens is 401 g/mol. The zero-order chi connectivity index (χ0) is 22.7. The molecule has 0 bridgehead atoms. The van der Waals surface area contributed by atoms with Gasteiger partial charge in [-0.3, -0.25) is 4.48 Å². The van der Waals surface area contributed by atoms with Crippen LogP contribution in [0.1, 0.15) is 61.8 Å². The van der Waals surface area contributed by atoms with E-state index in [0.29, 0.717) is 11.8 Å². The molecule has 6 rings (SSSR count). The van der Waals surface area contributed by atoms with Gasteiger partial charge >= 0.3 is 6.98 Å². The lowest BCUT2D eigenvalue weighted by Gasteiger charge is -2.35. The third kappa shape index (κ3) is 3.07. The Labute approximate surface area is 197 Å². The lowest BCUT2D eigenvalue weighted by molar-refractivity contribution is -0.523. The zero-order valence-corrected chi connectivity index (χ0v) is 20.0. The van der Waals surface area contributed by atoms with Crippen LogP contribution in [-0.2, 0) is 13.1 Å². The maximum Gasteiger partial charge on any atom is 0.538 e. The second kappa shape index (κ2) is 7.66. The quantitative estimate of drug-likeness (QED) is 0.343. The van der Waals surface area contributed by atoms with Crippen molar-refractivity contribution in [2.45, 2.75) is 52.6 Å². The number of hydrogen-bond donors (Lipinski definition) is 0. The lowest BCUT2D eigenvalue weighted by Crippen LogP contribution is -2.71. The fraction of sp³-hybridized carbons (Fsp3) is 0.276. The smallest absolute Gasteiger partial charge is 0.365 e. The Morgan fingerprint density at radius 1 is 0.848 bits per heavy atom. The molecule has 0 N–H and O–H groups in total. The van der Waals surface area contributed by atoms with E-state index in [1.54, 1.807) is 0 Å². The lowest BCUT2D eigenvalue weighted by atomic mass is 9.57. The summed E-state index contributed by atoms with van der Waals surface area (Å²) in [5, 5.41) is 0. The maximum atomic E-state index is 2.64. The van der Waals surface area contributed by atoms with Gasteiger partial charge in [-0.25, -0.2) is 4.57 Å². The Bertz CT molecular complexity index is 1310. The van der Waals surface area contributed by atoms with Crippen molar-refractivity contribution in [1.29, 1.82) is 0 Å². The van der Waals surface area contributed by atoms with Crippen LogP contribution in [0.5, 0.6) is 0 Å². The van der Waals surface area contributed by atoms with E-state index in [1.165, 1.54) is 44.8 Å². The summed E-state index contributed by atoms with van der Waals surface area (Å²) in [7, 11) is 0. The first kappa shape index (κ1) is 20.3. The fourth-order valence-electron chi connectivity index (χ4n) is 5.87. The molecule has 0 saturated heterocycles. The van der Waals surface area contributed by atoms with E-state index in [9.17, 15) is 0 Å². The summed E-state index contributed by atoms with van der Waals surface area (Å²) in [6, 6.07) is 24.7. The van der Waals surface area contributed by atoms with Crippen LogP contribution in [0.15, 0.2) is 79.1 Å². The summed E-state index contributed by atoms with van der Waals surface area (Å²) in [6.45, 7) is 11.3. The Hall–Kier alpha value is -3.27. The molecule has 2 aliphatic heterocycles. The molecule has 0 unspecified atom stereocenters. The number of anilines is 1. The van der Waals surface area contributed by atoms with Crippen molar-refractivity contribution in [3.8, 4) is 11.4 Å². The van der Waals surface area contributed by atoms with E-state index >= 15 is 0 Å². The van der Waals surface area contributed by atoms with Crippen molar-refractivity contribution in [1.82, 2.24) is 4.57 Å². The molecule has 4 aromatic rings. The summed E-state index contributed by atoms with van der Waals surface area (Å²) in [4.78, 5) is 2.64. The van der Waals surface area contributed by atoms with Gasteiger partial charge in [-0.05, 0) is 34.6 Å². The Kier molecular flexibility index (Phi) is 4.72. The van der Waals surface area contributed by atoms with Gasteiger partial charge < -0.3 is 4.81 Å². The molecule has 1 aromatic heterocycles. The minimum absolute atomic E-state index is 0.123. The minimum atomic E-state index is 0.123. The summed E-state index contributed by atoms with van der Waals surface area (Å²) < 4.78 is 4.96. The molecule has 0 aliphatic carbocycles. The summed E-state index contributed by atoms with van der Waals surface area (Å²) in [5.41, 5.74) is 9.91. The highest BCUT2D eigenvalue weighted by molar-refractivity contribution is 6.71. The molecule has 3 aromatic carbocycles. The third-order valence-corrected chi connectivity index (χ3v) is 7.36. The van der Waals surface area contributed by atoms with Crippen LogP contribution in [0.3, 0.4) is 0 Å². The average Bonchev–Trinajstić information content (AvgIpc) is 3.39. The van der Waals surface area contributed by atoms with Crippen LogP contribution >= 0.6 is 0 Å². The van der Waals surface area contributed by atoms with Crippen LogP contribution in [-0.4, -0.2) is 11.5 Å². The van der Waals surface area contributed by atoms with Crippen molar-refractivity contribution in [2.24, 2.45) is 0 Å². The topological polar surface area (TPSA) is 12.1 Å². The van der Waals surface area contributed by atoms with Crippen molar-refractivity contribution in [3.05, 3.63) is 101 Å². The molecule has 0 atom stereocenters. The normalized spacial score (nSPS) is 13.9. The number of benzene rings is 3. The van der Waals surface area contributed by atoms with E-state index in [2.05, 4.69) is 121 Å². The van der Waals surface area contributed by atoms with Gasteiger partial charge in [0.15, 0.2) is 0 Å². The third-order valence-electron chi connectivity index (χ3n) is 7.36. The molecule has 3 heterocycles. The van der Waals surface area contributed by atoms with Crippen molar-refractivity contribution < 1.29 is 4.48 Å². The molecule has 0 radical (unpaired) electrons. The van der Waals surface area contributed by atoms with Gasteiger partial charge in [0.25, 0.3) is 5.82 Å². The first-order valence-corrected chi connectivity index (χ1v) is 12.2. The molecule has 4 heteroatoms. The molecule has 0 fully saturated rings.